The fourth-order valence-corrected chi connectivity index (χ4v) is 0.654. The van der Waals surface area contributed by atoms with Crippen molar-refractivity contribution in [2.24, 2.45) is 0 Å². The van der Waals surface area contributed by atoms with E-state index in [1.54, 1.807) is 0 Å². The first-order chi connectivity index (χ1) is 6.25. The normalized spacial score (nSPS) is 19.0. The van der Waals surface area contributed by atoms with Crippen LogP contribution in [-0.4, -0.2) is 4.98 Å². The molecule has 1 aromatic rings. The van der Waals surface area contributed by atoms with Gasteiger partial charge in [-0.1, -0.05) is 0 Å². The molecule has 1 rings (SSSR count). The van der Waals surface area contributed by atoms with E-state index in [0.29, 0.717) is 0 Å². The molecule has 2 nitrogen and oxygen atoms in total. The molecule has 0 aliphatic carbocycles. The minimum Gasteiger partial charge on any atom is -0.383 e. The van der Waals surface area contributed by atoms with Crippen LogP contribution in [-0.2, 0) is 0 Å². The largest absolute Gasteiger partial charge is 0.383 e. The smallest absolute Gasteiger partial charge is 0.137 e. The van der Waals surface area contributed by atoms with Gasteiger partial charge in [-0.3, -0.25) is 0 Å². The molecule has 2 N–H and O–H groups in total. The summed E-state index contributed by atoms with van der Waals surface area (Å²) in [5, 5.41) is 0. The topological polar surface area (TPSA) is 38.9 Å². The number of nitrogens with zero attached hydrogens (tertiary/aromatic N) is 1. The molecule has 1 aromatic heterocycles. The van der Waals surface area contributed by atoms with E-state index >= 15 is 0 Å². The van der Waals surface area contributed by atoms with E-state index in [9.17, 15) is 0 Å². The second kappa shape index (κ2) is 2.35. The first-order valence-corrected chi connectivity index (χ1v) is 2.97. The Morgan fingerprint density at radius 3 is 3.44 bits per heavy atom. The summed E-state index contributed by atoms with van der Waals surface area (Å²) in [5.41, 5.74) is 4.96. The van der Waals surface area contributed by atoms with Gasteiger partial charge in [0, 0.05) is 10.3 Å². The van der Waals surface area contributed by atoms with Gasteiger partial charge >= 0.3 is 0 Å². The summed E-state index contributed by atoms with van der Waals surface area (Å²) in [5.74, 6) is -0.0481. The molecule has 0 aromatic carbocycles. The Hall–Kier alpha value is -0.570. The monoisotopic (exact) mass is 191 g/mol. The molecular weight excluding hydrogens is 180 g/mol. The number of aromatic nitrogens is 1. The van der Waals surface area contributed by atoms with Crippen molar-refractivity contribution in [2.45, 2.75) is 6.85 Å². The third-order valence-electron chi connectivity index (χ3n) is 0.748. The van der Waals surface area contributed by atoms with Gasteiger partial charge in [0.25, 0.3) is 0 Å². The van der Waals surface area contributed by atoms with Crippen molar-refractivity contribution in [3.63, 3.8) is 0 Å². The summed E-state index contributed by atoms with van der Waals surface area (Å²) in [6.45, 7) is -2.52. The Kier molecular flexibility index (Phi) is 0.674. The highest BCUT2D eigenvalue weighted by Gasteiger charge is 1.93. The SMILES string of the molecule is [2H]c1nc(N)c(Br)c([2H])c1C([2H])([2H])[2H]. The van der Waals surface area contributed by atoms with Crippen LogP contribution in [0, 0.1) is 6.85 Å². The van der Waals surface area contributed by atoms with Crippen molar-refractivity contribution < 1.29 is 6.85 Å². The Balaban J connectivity index is 3.53. The fourth-order valence-electron chi connectivity index (χ4n) is 0.367. The van der Waals surface area contributed by atoms with Gasteiger partial charge < -0.3 is 5.73 Å². The molecule has 9 heavy (non-hydrogen) atoms. The predicted molar refractivity (Wildman–Crippen MR) is 41.1 cm³/mol. The van der Waals surface area contributed by atoms with Gasteiger partial charge in [0.2, 0.25) is 0 Å². The van der Waals surface area contributed by atoms with Crippen LogP contribution in [0.1, 0.15) is 12.4 Å². The molecule has 0 radical (unpaired) electrons. The van der Waals surface area contributed by atoms with E-state index in [-0.39, 0.29) is 16.3 Å². The molecule has 0 spiro atoms. The molecule has 1 heterocycles. The van der Waals surface area contributed by atoms with Gasteiger partial charge in [0.05, 0.1) is 7.21 Å². The third kappa shape index (κ3) is 1.42. The van der Waals surface area contributed by atoms with Crippen molar-refractivity contribution >= 4 is 21.7 Å². The number of anilines is 1. The second-order valence-corrected chi connectivity index (χ2v) is 2.22. The summed E-state index contributed by atoms with van der Waals surface area (Å²) < 4.78 is 36.2. The number of pyridine rings is 1. The molecule has 0 aliphatic rings. The summed E-state index contributed by atoms with van der Waals surface area (Å²) in [4.78, 5) is 3.52. The molecule has 0 saturated heterocycles. The average Bonchev–Trinajstić information content (AvgIpc) is 1.97. The van der Waals surface area contributed by atoms with Crippen molar-refractivity contribution in [1.82, 2.24) is 4.98 Å². The van der Waals surface area contributed by atoms with Crippen molar-refractivity contribution in [3.05, 3.63) is 22.3 Å². The average molecular weight is 192 g/mol. The van der Waals surface area contributed by atoms with E-state index in [0.717, 1.165) is 0 Å². The van der Waals surface area contributed by atoms with Gasteiger partial charge in [-0.2, -0.15) is 0 Å². The van der Waals surface area contributed by atoms with E-state index in [4.69, 9.17) is 12.6 Å². The number of hydrogen-bond acceptors (Lipinski definition) is 2. The summed E-state index contributed by atoms with van der Waals surface area (Å²) in [7, 11) is 0. The lowest BCUT2D eigenvalue weighted by Crippen LogP contribution is -1.90. The molecule has 0 bridgehead atoms. The number of hydrogen-bond donors (Lipinski definition) is 1. The van der Waals surface area contributed by atoms with E-state index in [2.05, 4.69) is 20.9 Å². The highest BCUT2D eigenvalue weighted by atomic mass is 79.9. The standard InChI is InChI=1S/C6H7BrN2/c1-4-2-5(7)6(8)9-3-4/h2-3H,1H3,(H2,8,9)/i1D3,2D,3D. The highest BCUT2D eigenvalue weighted by molar-refractivity contribution is 9.10. The number of rotatable bonds is 0. The number of halogens is 1. The fraction of sp³-hybridized carbons (Fsp3) is 0.167. The zero-order valence-electron chi connectivity index (χ0n) is 9.40. The number of nitrogen functional groups attached to an aromatic ring is 1. The van der Waals surface area contributed by atoms with Gasteiger partial charge in [0.15, 0.2) is 0 Å². The van der Waals surface area contributed by atoms with E-state index in [1.165, 1.54) is 0 Å². The van der Waals surface area contributed by atoms with Crippen LogP contribution in [0.3, 0.4) is 0 Å². The molecule has 0 unspecified atom stereocenters. The van der Waals surface area contributed by atoms with Crippen molar-refractivity contribution in [1.29, 1.82) is 0 Å². The minimum absolute atomic E-state index is 0.0481. The molecule has 3 heteroatoms. The van der Waals surface area contributed by atoms with Crippen LogP contribution in [0.5, 0.6) is 0 Å². The van der Waals surface area contributed by atoms with Gasteiger partial charge in [0.1, 0.15) is 5.82 Å². The molecule has 0 amide bonds. The van der Waals surface area contributed by atoms with Crippen LogP contribution in [0.4, 0.5) is 5.82 Å². The van der Waals surface area contributed by atoms with Gasteiger partial charge in [-0.05, 0) is 34.4 Å². The summed E-state index contributed by atoms with van der Waals surface area (Å²) >= 11 is 2.95. The van der Waals surface area contributed by atoms with Crippen molar-refractivity contribution in [2.75, 3.05) is 5.73 Å². The Morgan fingerprint density at radius 1 is 2.00 bits per heavy atom. The zero-order valence-corrected chi connectivity index (χ0v) is 5.99. The minimum atomic E-state index is -2.52. The lowest BCUT2D eigenvalue weighted by Gasteiger charge is -1.95. The maximum atomic E-state index is 7.49. The molecular formula is C6H7BrN2. The molecule has 0 aliphatic heterocycles. The molecule has 0 atom stereocenters. The maximum absolute atomic E-state index is 7.49. The molecule has 0 fully saturated rings. The Morgan fingerprint density at radius 2 is 2.78 bits per heavy atom. The first-order valence-electron chi connectivity index (χ1n) is 4.67. The maximum Gasteiger partial charge on any atom is 0.137 e. The van der Waals surface area contributed by atoms with Gasteiger partial charge in [-0.15, -0.1) is 0 Å². The quantitative estimate of drug-likeness (QED) is 0.679. The summed E-state index contributed by atoms with van der Waals surface area (Å²) in [6, 6.07) is -0.303. The highest BCUT2D eigenvalue weighted by Crippen LogP contribution is 2.16. The Bertz CT molecular complexity index is 375. The first kappa shape index (κ1) is 2.58. The predicted octanol–water partition coefficient (Wildman–Crippen LogP) is 1.73. The summed E-state index contributed by atoms with van der Waals surface area (Å²) in [6.07, 6.45) is -0.476. The van der Waals surface area contributed by atoms with Crippen LogP contribution in [0.25, 0.3) is 0 Å². The number of nitrogens with two attached hydrogens (primary N) is 1. The van der Waals surface area contributed by atoms with E-state index in [1.807, 2.05) is 0 Å². The van der Waals surface area contributed by atoms with Crippen LogP contribution >= 0.6 is 15.9 Å². The molecule has 48 valence electrons. The van der Waals surface area contributed by atoms with Crippen LogP contribution < -0.4 is 5.73 Å². The second-order valence-electron chi connectivity index (χ2n) is 1.42. The lowest BCUT2D eigenvalue weighted by atomic mass is 10.3. The van der Waals surface area contributed by atoms with Crippen molar-refractivity contribution in [3.8, 4) is 0 Å². The zero-order chi connectivity index (χ0) is 11.1. The van der Waals surface area contributed by atoms with Crippen LogP contribution in [0.2, 0.25) is 0 Å². The van der Waals surface area contributed by atoms with Crippen LogP contribution in [0.15, 0.2) is 16.7 Å². The van der Waals surface area contributed by atoms with Gasteiger partial charge in [-0.25, -0.2) is 4.98 Å². The molecule has 0 saturated carbocycles. The van der Waals surface area contributed by atoms with E-state index < -0.39 is 18.6 Å². The lowest BCUT2D eigenvalue weighted by molar-refractivity contribution is 1.26. The third-order valence-corrected chi connectivity index (χ3v) is 1.35. The Labute approximate surface area is 69.2 Å².